The Kier molecular flexibility index (Phi) is 25.6. The highest BCUT2D eigenvalue weighted by Gasteiger charge is 2.23. The van der Waals surface area contributed by atoms with Crippen LogP contribution in [0, 0.1) is 0 Å². The fourth-order valence-corrected chi connectivity index (χ4v) is 4.49. The van der Waals surface area contributed by atoms with E-state index in [9.17, 15) is 0 Å². The highest BCUT2D eigenvalue weighted by Crippen LogP contribution is 2.18. The van der Waals surface area contributed by atoms with Gasteiger partial charge in [-0.15, -0.1) is 0 Å². The molecule has 0 N–H and O–H groups in total. The fraction of sp³-hybridized carbons (Fsp3) is 1.00. The molecule has 0 unspecified atom stereocenters. The lowest BCUT2D eigenvalue weighted by Crippen LogP contribution is -3.00. The molecule has 0 saturated carbocycles. The van der Waals surface area contributed by atoms with Gasteiger partial charge in [-0.25, -0.2) is 0 Å². The molecule has 172 valence electrons. The Labute approximate surface area is 186 Å². The molecule has 28 heavy (non-hydrogen) atoms. The Bertz CT molecular complexity index is 239. The monoisotopic (exact) mass is 417 g/mol. The maximum atomic E-state index is 2.46. The van der Waals surface area contributed by atoms with Gasteiger partial charge in [0, 0.05) is 0 Å². The summed E-state index contributed by atoms with van der Waals surface area (Å²) in [6.07, 6.45) is 25.9. The van der Waals surface area contributed by atoms with Gasteiger partial charge in [-0.1, -0.05) is 97.8 Å². The highest BCUT2D eigenvalue weighted by molar-refractivity contribution is 4.52. The summed E-state index contributed by atoms with van der Waals surface area (Å²) in [5, 5.41) is 0. The van der Waals surface area contributed by atoms with Crippen LogP contribution in [-0.4, -0.2) is 30.7 Å². The van der Waals surface area contributed by atoms with E-state index in [1.807, 2.05) is 0 Å². The van der Waals surface area contributed by atoms with Crippen LogP contribution in [0.1, 0.15) is 143 Å². The van der Waals surface area contributed by atoms with Gasteiger partial charge in [0.25, 0.3) is 0 Å². The molecule has 0 aromatic rings. The van der Waals surface area contributed by atoms with Crippen LogP contribution in [0.4, 0.5) is 0 Å². The van der Waals surface area contributed by atoms with Gasteiger partial charge in [-0.2, -0.15) is 0 Å². The van der Waals surface area contributed by atoms with Crippen molar-refractivity contribution in [1.29, 1.82) is 0 Å². The summed E-state index contributed by atoms with van der Waals surface area (Å²) in [6, 6.07) is 0. The molecule has 0 rings (SSSR count). The third-order valence-electron chi connectivity index (χ3n) is 6.63. The summed E-state index contributed by atoms with van der Waals surface area (Å²) in [5.74, 6) is 0. The lowest BCUT2D eigenvalue weighted by atomic mass is 10.1. The van der Waals surface area contributed by atoms with Gasteiger partial charge < -0.3 is 16.9 Å². The molecule has 0 aliphatic rings. The number of unbranched alkanes of at least 4 members (excludes halogenated alkanes) is 15. The molecule has 0 atom stereocenters. The second kappa shape index (κ2) is 23.5. The summed E-state index contributed by atoms with van der Waals surface area (Å²) >= 11 is 0. The van der Waals surface area contributed by atoms with Crippen LogP contribution in [0.25, 0.3) is 0 Å². The van der Waals surface area contributed by atoms with Crippen LogP contribution in [0.5, 0.6) is 0 Å². The maximum Gasteiger partial charge on any atom is 0.0786 e. The molecule has 0 heterocycles. The van der Waals surface area contributed by atoms with Gasteiger partial charge in [0.05, 0.1) is 26.2 Å². The van der Waals surface area contributed by atoms with E-state index in [2.05, 4.69) is 27.7 Å². The van der Waals surface area contributed by atoms with E-state index < -0.39 is 0 Å². The van der Waals surface area contributed by atoms with Crippen molar-refractivity contribution in [3.63, 3.8) is 0 Å². The number of nitrogens with zero attached hydrogens (tertiary/aromatic N) is 1. The average Bonchev–Trinajstić information content (AvgIpc) is 2.69. The van der Waals surface area contributed by atoms with E-state index in [0.29, 0.717) is 0 Å². The zero-order valence-electron chi connectivity index (χ0n) is 20.4. The number of halogens is 1. The van der Waals surface area contributed by atoms with Crippen LogP contribution >= 0.6 is 0 Å². The summed E-state index contributed by atoms with van der Waals surface area (Å²) in [7, 11) is 0. The van der Waals surface area contributed by atoms with Crippen molar-refractivity contribution >= 4 is 0 Å². The molecule has 0 spiro atoms. The Morgan fingerprint density at radius 1 is 0.357 bits per heavy atom. The Morgan fingerprint density at radius 2 is 0.607 bits per heavy atom. The SMILES string of the molecule is CCCCCCCC[N+](CC)(CCCCCCCC)CCCCCCCC.[Cl-]. The number of quaternary nitrogens is 1. The summed E-state index contributed by atoms with van der Waals surface area (Å²) in [5.41, 5.74) is 0. The van der Waals surface area contributed by atoms with Crippen molar-refractivity contribution in [3.05, 3.63) is 0 Å². The molecule has 0 saturated heterocycles. The van der Waals surface area contributed by atoms with Crippen molar-refractivity contribution < 1.29 is 16.9 Å². The van der Waals surface area contributed by atoms with Crippen molar-refractivity contribution in [1.82, 2.24) is 0 Å². The third-order valence-corrected chi connectivity index (χ3v) is 6.63. The molecule has 0 aliphatic carbocycles. The number of rotatable bonds is 22. The Hall–Kier alpha value is 0.250. The molecule has 0 aromatic carbocycles. The lowest BCUT2D eigenvalue weighted by molar-refractivity contribution is -0.927. The zero-order chi connectivity index (χ0) is 20.1. The van der Waals surface area contributed by atoms with Crippen molar-refractivity contribution in [3.8, 4) is 0 Å². The quantitative estimate of drug-likeness (QED) is 0.152. The van der Waals surface area contributed by atoms with E-state index in [-0.39, 0.29) is 12.4 Å². The van der Waals surface area contributed by atoms with E-state index >= 15 is 0 Å². The largest absolute Gasteiger partial charge is 1.00 e. The highest BCUT2D eigenvalue weighted by atomic mass is 35.5. The van der Waals surface area contributed by atoms with Crippen LogP contribution in [0.15, 0.2) is 0 Å². The second-order valence-corrected chi connectivity index (χ2v) is 9.13. The van der Waals surface area contributed by atoms with Gasteiger partial charge >= 0.3 is 0 Å². The van der Waals surface area contributed by atoms with E-state index in [1.54, 1.807) is 0 Å². The van der Waals surface area contributed by atoms with Crippen molar-refractivity contribution in [2.45, 2.75) is 143 Å². The summed E-state index contributed by atoms with van der Waals surface area (Å²) in [4.78, 5) is 0. The molecule has 2 heteroatoms. The van der Waals surface area contributed by atoms with Gasteiger partial charge in [0.2, 0.25) is 0 Å². The lowest BCUT2D eigenvalue weighted by Gasteiger charge is -2.38. The molecule has 0 bridgehead atoms. The second-order valence-electron chi connectivity index (χ2n) is 9.13. The van der Waals surface area contributed by atoms with Crippen molar-refractivity contribution in [2.75, 3.05) is 26.2 Å². The minimum atomic E-state index is 0. The van der Waals surface area contributed by atoms with E-state index in [4.69, 9.17) is 0 Å². The molecular formula is C26H56ClN. The maximum absolute atomic E-state index is 2.46. The topological polar surface area (TPSA) is 0 Å². The van der Waals surface area contributed by atoms with Gasteiger partial charge in [0.1, 0.15) is 0 Å². The minimum Gasteiger partial charge on any atom is -1.00 e. The molecule has 0 radical (unpaired) electrons. The number of hydrogen-bond donors (Lipinski definition) is 0. The molecule has 0 aromatic heterocycles. The van der Waals surface area contributed by atoms with Crippen LogP contribution < -0.4 is 12.4 Å². The first kappa shape index (κ1) is 30.4. The molecule has 0 aliphatic heterocycles. The van der Waals surface area contributed by atoms with Gasteiger partial charge in [-0.05, 0) is 45.4 Å². The van der Waals surface area contributed by atoms with Crippen molar-refractivity contribution in [2.24, 2.45) is 0 Å². The average molecular weight is 418 g/mol. The summed E-state index contributed by atoms with van der Waals surface area (Å²) in [6.45, 7) is 15.1. The normalized spacial score (nSPS) is 11.6. The Balaban J connectivity index is 0. The van der Waals surface area contributed by atoms with Crippen LogP contribution in [0.3, 0.4) is 0 Å². The zero-order valence-corrected chi connectivity index (χ0v) is 21.1. The first-order valence-electron chi connectivity index (χ1n) is 13.1. The standard InChI is InChI=1S/C26H56N.ClH/c1-5-9-12-15-18-21-24-27(8-4,25-22-19-16-13-10-6-2)26-23-20-17-14-11-7-3;/h5-26H2,1-4H3;1H/q+1;/p-1. The fourth-order valence-electron chi connectivity index (χ4n) is 4.49. The minimum absolute atomic E-state index is 0. The third kappa shape index (κ3) is 18.3. The van der Waals surface area contributed by atoms with Gasteiger partial charge in [0.15, 0.2) is 0 Å². The first-order chi connectivity index (χ1) is 13.2. The smallest absolute Gasteiger partial charge is 0.0786 e. The summed E-state index contributed by atoms with van der Waals surface area (Å²) < 4.78 is 1.43. The van der Waals surface area contributed by atoms with Gasteiger partial charge in [-0.3, -0.25) is 0 Å². The predicted molar refractivity (Wildman–Crippen MR) is 126 cm³/mol. The first-order valence-corrected chi connectivity index (χ1v) is 13.1. The van der Waals surface area contributed by atoms with E-state index in [0.717, 1.165) is 0 Å². The molecular weight excluding hydrogens is 362 g/mol. The molecule has 1 nitrogen and oxygen atoms in total. The predicted octanol–water partition coefficient (Wildman–Crippen LogP) is 5.91. The van der Waals surface area contributed by atoms with E-state index in [1.165, 1.54) is 146 Å². The molecule has 0 fully saturated rings. The molecule has 0 amide bonds. The Morgan fingerprint density at radius 3 is 0.857 bits per heavy atom. The van der Waals surface area contributed by atoms with Crippen LogP contribution in [0.2, 0.25) is 0 Å². The van der Waals surface area contributed by atoms with Crippen LogP contribution in [-0.2, 0) is 0 Å². The number of hydrogen-bond acceptors (Lipinski definition) is 0.